The van der Waals surface area contributed by atoms with E-state index in [1.165, 1.54) is 17.3 Å². The molecule has 3 aromatic rings. The number of aryl methyl sites for hydroxylation is 1. The highest BCUT2D eigenvalue weighted by Crippen LogP contribution is 2.28. The first kappa shape index (κ1) is 19.4. The van der Waals surface area contributed by atoms with Gasteiger partial charge in [0.15, 0.2) is 10.8 Å². The number of rotatable bonds is 5. The predicted octanol–water partition coefficient (Wildman–Crippen LogP) is 4.61. The summed E-state index contributed by atoms with van der Waals surface area (Å²) in [6.07, 6.45) is 1.77. The Balaban J connectivity index is 1.90. The van der Waals surface area contributed by atoms with Gasteiger partial charge in [0.25, 0.3) is 0 Å². The van der Waals surface area contributed by atoms with E-state index >= 15 is 0 Å². The minimum atomic E-state index is -0.504. The third-order valence-corrected chi connectivity index (χ3v) is 5.02. The number of hydrogen-bond acceptors (Lipinski definition) is 5. The monoisotopic (exact) mass is 383 g/mol. The SMILES string of the molecule is Cc1ccc(Cn2c(SC(C)C(=O)OC(C)(C)C)nc3cccnc32)cc1. The molecule has 0 N–H and O–H groups in total. The van der Waals surface area contributed by atoms with Crippen LogP contribution in [0.2, 0.25) is 0 Å². The minimum absolute atomic E-state index is 0.241. The van der Waals surface area contributed by atoms with Crippen molar-refractivity contribution in [3.63, 3.8) is 0 Å². The average molecular weight is 384 g/mol. The first-order valence-corrected chi connectivity index (χ1v) is 9.87. The van der Waals surface area contributed by atoms with Gasteiger partial charge in [0.2, 0.25) is 0 Å². The van der Waals surface area contributed by atoms with E-state index < -0.39 is 5.60 Å². The molecule has 142 valence electrons. The van der Waals surface area contributed by atoms with Gasteiger partial charge in [0.05, 0.1) is 6.54 Å². The summed E-state index contributed by atoms with van der Waals surface area (Å²) in [7, 11) is 0. The number of nitrogens with zero attached hydrogens (tertiary/aromatic N) is 3. The van der Waals surface area contributed by atoms with Gasteiger partial charge in [-0.3, -0.25) is 9.36 Å². The average Bonchev–Trinajstić information content (AvgIpc) is 2.93. The van der Waals surface area contributed by atoms with Crippen molar-refractivity contribution >= 4 is 28.9 Å². The highest BCUT2D eigenvalue weighted by atomic mass is 32.2. The molecule has 0 radical (unpaired) electrons. The number of imidazole rings is 1. The summed E-state index contributed by atoms with van der Waals surface area (Å²) in [5.41, 5.74) is 3.52. The standard InChI is InChI=1S/C21H25N3O2S/c1-14-8-10-16(11-9-14)13-24-18-17(7-6-12-22-18)23-20(24)27-15(2)19(25)26-21(3,4)5/h6-12,15H,13H2,1-5H3. The Bertz CT molecular complexity index is 942. The molecular formula is C21H25N3O2S. The van der Waals surface area contributed by atoms with E-state index in [2.05, 4.69) is 40.7 Å². The van der Waals surface area contributed by atoms with Crippen molar-refractivity contribution in [2.75, 3.05) is 0 Å². The van der Waals surface area contributed by atoms with Crippen molar-refractivity contribution in [1.82, 2.24) is 14.5 Å². The van der Waals surface area contributed by atoms with Crippen LogP contribution in [0.5, 0.6) is 0 Å². The summed E-state index contributed by atoms with van der Waals surface area (Å²) in [5, 5.41) is 0.403. The quantitative estimate of drug-likeness (QED) is 0.476. The number of aromatic nitrogens is 3. The lowest BCUT2D eigenvalue weighted by Crippen LogP contribution is -2.29. The molecule has 0 aliphatic rings. The normalized spacial score (nSPS) is 12.9. The van der Waals surface area contributed by atoms with Crippen LogP contribution in [-0.2, 0) is 16.1 Å². The largest absolute Gasteiger partial charge is 0.459 e. The maximum absolute atomic E-state index is 12.4. The van der Waals surface area contributed by atoms with Crippen LogP contribution in [0.3, 0.4) is 0 Å². The van der Waals surface area contributed by atoms with Gasteiger partial charge in [0, 0.05) is 6.20 Å². The molecule has 0 saturated carbocycles. The molecule has 6 heteroatoms. The first-order valence-electron chi connectivity index (χ1n) is 8.99. The van der Waals surface area contributed by atoms with E-state index in [4.69, 9.17) is 9.72 Å². The molecule has 0 fully saturated rings. The Hall–Kier alpha value is -2.34. The zero-order chi connectivity index (χ0) is 19.6. The van der Waals surface area contributed by atoms with Crippen LogP contribution in [0.15, 0.2) is 47.8 Å². The second-order valence-electron chi connectivity index (χ2n) is 7.61. The summed E-state index contributed by atoms with van der Waals surface area (Å²) in [6.45, 7) is 10.2. The van der Waals surface area contributed by atoms with Crippen LogP contribution in [-0.4, -0.2) is 31.4 Å². The molecular weight excluding hydrogens is 358 g/mol. The number of carbonyl (C=O) groups is 1. The smallest absolute Gasteiger partial charge is 0.319 e. The zero-order valence-electron chi connectivity index (χ0n) is 16.4. The highest BCUT2D eigenvalue weighted by Gasteiger charge is 2.25. The van der Waals surface area contributed by atoms with E-state index in [1.807, 2.05) is 39.8 Å². The van der Waals surface area contributed by atoms with Gasteiger partial charge < -0.3 is 4.74 Å². The number of ether oxygens (including phenoxy) is 1. The summed E-state index contributed by atoms with van der Waals surface area (Å²) in [5.74, 6) is -0.241. The number of benzene rings is 1. The van der Waals surface area contributed by atoms with Crippen LogP contribution in [0.25, 0.3) is 11.2 Å². The van der Waals surface area contributed by atoms with Crippen LogP contribution in [0.1, 0.15) is 38.8 Å². The predicted molar refractivity (Wildman–Crippen MR) is 109 cm³/mol. The van der Waals surface area contributed by atoms with Gasteiger partial charge in [-0.2, -0.15) is 0 Å². The topological polar surface area (TPSA) is 57.0 Å². The number of pyridine rings is 1. The first-order chi connectivity index (χ1) is 12.7. The third-order valence-electron chi connectivity index (χ3n) is 3.95. The third kappa shape index (κ3) is 4.89. The van der Waals surface area contributed by atoms with Gasteiger partial charge in [-0.1, -0.05) is 41.6 Å². The Morgan fingerprint density at radius 2 is 1.93 bits per heavy atom. The number of carbonyl (C=O) groups excluding carboxylic acids is 1. The van der Waals surface area contributed by atoms with Gasteiger partial charge in [0.1, 0.15) is 16.4 Å². The molecule has 3 rings (SSSR count). The fourth-order valence-electron chi connectivity index (χ4n) is 2.64. The molecule has 1 unspecified atom stereocenters. The molecule has 0 amide bonds. The Kier molecular flexibility index (Phi) is 5.56. The van der Waals surface area contributed by atoms with Crippen molar-refractivity contribution in [2.45, 2.75) is 57.2 Å². The lowest BCUT2D eigenvalue weighted by atomic mass is 10.1. The fourth-order valence-corrected chi connectivity index (χ4v) is 3.53. The van der Waals surface area contributed by atoms with Gasteiger partial charge >= 0.3 is 5.97 Å². The zero-order valence-corrected chi connectivity index (χ0v) is 17.2. The lowest BCUT2D eigenvalue weighted by molar-refractivity contribution is -0.153. The molecule has 0 aliphatic heterocycles. The second kappa shape index (κ2) is 7.72. The highest BCUT2D eigenvalue weighted by molar-refractivity contribution is 8.00. The van der Waals surface area contributed by atoms with Crippen molar-refractivity contribution < 1.29 is 9.53 Å². The molecule has 1 atom stereocenters. The molecule has 0 aliphatic carbocycles. The van der Waals surface area contributed by atoms with Crippen molar-refractivity contribution in [3.05, 3.63) is 53.7 Å². The van der Waals surface area contributed by atoms with E-state index in [9.17, 15) is 4.79 Å². The van der Waals surface area contributed by atoms with Crippen molar-refractivity contribution in [2.24, 2.45) is 0 Å². The molecule has 5 nitrogen and oxygen atoms in total. The van der Waals surface area contributed by atoms with Crippen LogP contribution >= 0.6 is 11.8 Å². The van der Waals surface area contributed by atoms with Gasteiger partial charge in [-0.15, -0.1) is 0 Å². The molecule has 0 saturated heterocycles. The summed E-state index contributed by atoms with van der Waals surface area (Å²) >= 11 is 1.40. The molecule has 2 aromatic heterocycles. The Labute approximate surface area is 164 Å². The Morgan fingerprint density at radius 1 is 1.22 bits per heavy atom. The van der Waals surface area contributed by atoms with Crippen LogP contribution in [0, 0.1) is 6.92 Å². The van der Waals surface area contributed by atoms with Gasteiger partial charge in [-0.25, -0.2) is 9.97 Å². The molecule has 0 spiro atoms. The molecule has 0 bridgehead atoms. The minimum Gasteiger partial charge on any atom is -0.459 e. The van der Waals surface area contributed by atoms with E-state index in [-0.39, 0.29) is 11.2 Å². The molecule has 1 aromatic carbocycles. The van der Waals surface area contributed by atoms with E-state index in [0.29, 0.717) is 6.54 Å². The van der Waals surface area contributed by atoms with E-state index in [1.54, 1.807) is 6.20 Å². The van der Waals surface area contributed by atoms with E-state index in [0.717, 1.165) is 21.9 Å². The summed E-state index contributed by atoms with van der Waals surface area (Å²) in [4.78, 5) is 21.6. The van der Waals surface area contributed by atoms with Crippen LogP contribution in [0.4, 0.5) is 0 Å². The fraction of sp³-hybridized carbons (Fsp3) is 0.381. The van der Waals surface area contributed by atoms with Crippen molar-refractivity contribution in [1.29, 1.82) is 0 Å². The number of fused-ring (bicyclic) bond motifs is 1. The second-order valence-corrected chi connectivity index (χ2v) is 8.91. The molecule has 27 heavy (non-hydrogen) atoms. The summed E-state index contributed by atoms with van der Waals surface area (Å²) in [6, 6.07) is 12.2. The van der Waals surface area contributed by atoms with Gasteiger partial charge in [-0.05, 0) is 52.3 Å². The number of thioether (sulfide) groups is 1. The maximum Gasteiger partial charge on any atom is 0.319 e. The Morgan fingerprint density at radius 3 is 2.59 bits per heavy atom. The summed E-state index contributed by atoms with van der Waals surface area (Å²) < 4.78 is 7.57. The van der Waals surface area contributed by atoms with Crippen LogP contribution < -0.4 is 0 Å². The molecule has 2 heterocycles. The maximum atomic E-state index is 12.4. The van der Waals surface area contributed by atoms with Crippen molar-refractivity contribution in [3.8, 4) is 0 Å². The number of hydrogen-bond donors (Lipinski definition) is 0. The lowest BCUT2D eigenvalue weighted by Gasteiger charge is -2.22. The number of esters is 1.